The lowest BCUT2D eigenvalue weighted by atomic mass is 10.2. The van der Waals surface area contributed by atoms with E-state index in [9.17, 15) is 9.59 Å². The first kappa shape index (κ1) is 17.7. The zero-order chi connectivity index (χ0) is 17.8. The summed E-state index contributed by atoms with van der Waals surface area (Å²) in [5.41, 5.74) is 1.78. The molecule has 0 unspecified atom stereocenters. The molecule has 0 bridgehead atoms. The van der Waals surface area contributed by atoms with Crippen LogP contribution in [-0.2, 0) is 16.0 Å². The molecule has 1 amide bonds. The largest absolute Gasteiger partial charge is 0.351 e. The van der Waals surface area contributed by atoms with E-state index in [0.29, 0.717) is 31.9 Å². The lowest BCUT2D eigenvalue weighted by Gasteiger charge is -2.23. The highest BCUT2D eigenvalue weighted by Crippen LogP contribution is 2.13. The zero-order valence-electron chi connectivity index (χ0n) is 14.6. The van der Waals surface area contributed by atoms with E-state index in [2.05, 4.69) is 10.3 Å². The van der Waals surface area contributed by atoms with Crippen molar-refractivity contribution in [2.75, 3.05) is 40.4 Å². The van der Waals surface area contributed by atoms with Crippen LogP contribution in [0.3, 0.4) is 0 Å². The number of nitrogens with zero attached hydrogens (tertiary/aromatic N) is 2. The van der Waals surface area contributed by atoms with Crippen LogP contribution in [-0.4, -0.2) is 67.0 Å². The number of imidazole rings is 1. The predicted octanol–water partition coefficient (Wildman–Crippen LogP) is 0.384. The summed E-state index contributed by atoms with van der Waals surface area (Å²) < 4.78 is 12.5. The van der Waals surface area contributed by atoms with Crippen LogP contribution >= 0.6 is 0 Å². The maximum absolute atomic E-state index is 12.4. The van der Waals surface area contributed by atoms with Crippen LogP contribution in [0, 0.1) is 0 Å². The minimum atomic E-state index is -0.396. The number of nitrogens with one attached hydrogen (secondary N) is 2. The van der Waals surface area contributed by atoms with Crippen molar-refractivity contribution in [2.24, 2.45) is 0 Å². The Hall–Kier alpha value is -2.16. The van der Waals surface area contributed by atoms with Gasteiger partial charge in [-0.05, 0) is 38.7 Å². The molecule has 25 heavy (non-hydrogen) atoms. The highest BCUT2D eigenvalue weighted by molar-refractivity contribution is 5.97. The van der Waals surface area contributed by atoms with Gasteiger partial charge in [-0.25, -0.2) is 4.79 Å². The van der Waals surface area contributed by atoms with Crippen molar-refractivity contribution in [1.29, 1.82) is 0 Å². The van der Waals surface area contributed by atoms with E-state index in [0.717, 1.165) is 24.0 Å². The SMILES string of the molecule is CN(C)CCn1c(=O)[nH]c2ccc(C(=O)NCC3OCCCO3)cc21. The molecule has 0 saturated carbocycles. The number of hydrogen-bond acceptors (Lipinski definition) is 5. The van der Waals surface area contributed by atoms with E-state index in [1.165, 1.54) is 0 Å². The third kappa shape index (κ3) is 4.28. The molecule has 0 aliphatic carbocycles. The summed E-state index contributed by atoms with van der Waals surface area (Å²) >= 11 is 0. The molecule has 1 aromatic carbocycles. The molecule has 2 heterocycles. The van der Waals surface area contributed by atoms with Crippen molar-refractivity contribution in [1.82, 2.24) is 19.8 Å². The van der Waals surface area contributed by atoms with Gasteiger partial charge in [0.25, 0.3) is 5.91 Å². The van der Waals surface area contributed by atoms with Crippen LogP contribution in [0.2, 0.25) is 0 Å². The van der Waals surface area contributed by atoms with Crippen LogP contribution in [0.5, 0.6) is 0 Å². The number of aromatic amines is 1. The lowest BCUT2D eigenvalue weighted by molar-refractivity contribution is -0.174. The number of H-pyrrole nitrogens is 1. The van der Waals surface area contributed by atoms with Gasteiger partial charge in [-0.2, -0.15) is 0 Å². The second-order valence-electron chi connectivity index (χ2n) is 6.35. The molecule has 1 aliphatic heterocycles. The van der Waals surface area contributed by atoms with Crippen LogP contribution in [0.25, 0.3) is 11.0 Å². The summed E-state index contributed by atoms with van der Waals surface area (Å²) in [5, 5.41) is 2.82. The molecule has 1 aliphatic rings. The van der Waals surface area contributed by atoms with Gasteiger partial charge in [0, 0.05) is 18.7 Å². The van der Waals surface area contributed by atoms with Crippen LogP contribution in [0.1, 0.15) is 16.8 Å². The van der Waals surface area contributed by atoms with Gasteiger partial charge in [-0.3, -0.25) is 9.36 Å². The number of benzene rings is 1. The number of carbonyl (C=O) groups is 1. The standard InChI is InChI=1S/C17H24N4O4/c1-20(2)6-7-21-14-10-12(4-5-13(14)19-17(21)23)16(22)18-11-15-24-8-3-9-25-15/h4-5,10,15H,3,6-9,11H2,1-2H3,(H,18,22)(H,19,23). The Morgan fingerprint density at radius 2 is 2.12 bits per heavy atom. The van der Waals surface area contributed by atoms with Crippen molar-refractivity contribution < 1.29 is 14.3 Å². The minimum Gasteiger partial charge on any atom is -0.351 e. The molecule has 0 spiro atoms. The molecule has 8 heteroatoms. The highest BCUT2D eigenvalue weighted by Gasteiger charge is 2.16. The summed E-state index contributed by atoms with van der Waals surface area (Å²) in [7, 11) is 3.91. The summed E-state index contributed by atoms with van der Waals surface area (Å²) in [6.07, 6.45) is 0.478. The van der Waals surface area contributed by atoms with Gasteiger partial charge in [0.1, 0.15) is 0 Å². The molecule has 136 valence electrons. The Kier molecular flexibility index (Phi) is 5.52. The fourth-order valence-electron chi connectivity index (χ4n) is 2.75. The molecule has 2 N–H and O–H groups in total. The molecule has 1 saturated heterocycles. The van der Waals surface area contributed by atoms with E-state index in [-0.39, 0.29) is 11.6 Å². The Morgan fingerprint density at radius 1 is 1.36 bits per heavy atom. The second kappa shape index (κ2) is 7.81. The van der Waals surface area contributed by atoms with E-state index in [1.807, 2.05) is 19.0 Å². The predicted molar refractivity (Wildman–Crippen MR) is 93.8 cm³/mol. The third-order valence-electron chi connectivity index (χ3n) is 4.13. The van der Waals surface area contributed by atoms with Gasteiger partial charge in [0.2, 0.25) is 0 Å². The first-order valence-corrected chi connectivity index (χ1v) is 8.43. The van der Waals surface area contributed by atoms with Gasteiger partial charge in [-0.15, -0.1) is 0 Å². The fourth-order valence-corrected chi connectivity index (χ4v) is 2.75. The molecule has 1 fully saturated rings. The van der Waals surface area contributed by atoms with E-state index >= 15 is 0 Å². The Balaban J connectivity index is 1.73. The number of ether oxygens (including phenoxy) is 2. The minimum absolute atomic E-state index is 0.168. The summed E-state index contributed by atoms with van der Waals surface area (Å²) in [5.74, 6) is -0.215. The fraction of sp³-hybridized carbons (Fsp3) is 0.529. The molecule has 2 aromatic rings. The van der Waals surface area contributed by atoms with Gasteiger partial charge in [-0.1, -0.05) is 0 Å². The monoisotopic (exact) mass is 348 g/mol. The number of amides is 1. The molecule has 1 aromatic heterocycles. The summed E-state index contributed by atoms with van der Waals surface area (Å²) in [4.78, 5) is 29.3. The summed E-state index contributed by atoms with van der Waals surface area (Å²) in [6, 6.07) is 5.19. The zero-order valence-corrected chi connectivity index (χ0v) is 14.6. The van der Waals surface area contributed by atoms with Crippen molar-refractivity contribution in [3.8, 4) is 0 Å². The van der Waals surface area contributed by atoms with E-state index < -0.39 is 6.29 Å². The quantitative estimate of drug-likeness (QED) is 0.788. The molecular weight excluding hydrogens is 324 g/mol. The van der Waals surface area contributed by atoms with Crippen molar-refractivity contribution in [3.63, 3.8) is 0 Å². The third-order valence-corrected chi connectivity index (χ3v) is 4.13. The molecular formula is C17H24N4O4. The van der Waals surface area contributed by atoms with Gasteiger partial charge in [0.05, 0.1) is 30.8 Å². The van der Waals surface area contributed by atoms with Crippen LogP contribution < -0.4 is 11.0 Å². The first-order chi connectivity index (χ1) is 12.0. The average Bonchev–Trinajstić information content (AvgIpc) is 2.93. The Labute approximate surface area is 145 Å². The van der Waals surface area contributed by atoms with Crippen LogP contribution in [0.15, 0.2) is 23.0 Å². The maximum atomic E-state index is 12.4. The highest BCUT2D eigenvalue weighted by atomic mass is 16.7. The molecule has 0 atom stereocenters. The van der Waals surface area contributed by atoms with Crippen molar-refractivity contribution >= 4 is 16.9 Å². The lowest BCUT2D eigenvalue weighted by Crippen LogP contribution is -2.37. The van der Waals surface area contributed by atoms with Crippen molar-refractivity contribution in [3.05, 3.63) is 34.2 Å². The van der Waals surface area contributed by atoms with Gasteiger partial charge < -0.3 is 24.7 Å². The molecule has 8 nitrogen and oxygen atoms in total. The van der Waals surface area contributed by atoms with E-state index in [4.69, 9.17) is 9.47 Å². The Bertz CT molecular complexity index is 790. The Morgan fingerprint density at radius 3 is 2.84 bits per heavy atom. The normalized spacial score (nSPS) is 15.8. The van der Waals surface area contributed by atoms with Gasteiger partial charge >= 0.3 is 5.69 Å². The van der Waals surface area contributed by atoms with Crippen LogP contribution in [0.4, 0.5) is 0 Å². The number of hydrogen-bond donors (Lipinski definition) is 2. The summed E-state index contributed by atoms with van der Waals surface area (Å²) in [6.45, 7) is 2.89. The number of aromatic nitrogens is 2. The second-order valence-corrected chi connectivity index (χ2v) is 6.35. The number of likely N-dealkylation sites (N-methyl/N-ethyl adjacent to an activating group) is 1. The van der Waals surface area contributed by atoms with E-state index in [1.54, 1.807) is 22.8 Å². The van der Waals surface area contributed by atoms with Crippen molar-refractivity contribution in [2.45, 2.75) is 19.3 Å². The molecule has 3 rings (SSSR count). The first-order valence-electron chi connectivity index (χ1n) is 8.43. The smallest absolute Gasteiger partial charge is 0.326 e. The molecule has 0 radical (unpaired) electrons. The number of fused-ring (bicyclic) bond motifs is 1. The average molecular weight is 348 g/mol. The topological polar surface area (TPSA) is 88.6 Å². The number of rotatable bonds is 6. The van der Waals surface area contributed by atoms with Gasteiger partial charge in [0.15, 0.2) is 6.29 Å². The number of carbonyl (C=O) groups excluding carboxylic acids is 1. The maximum Gasteiger partial charge on any atom is 0.326 e.